The maximum absolute atomic E-state index is 13.6. The number of halogens is 1. The van der Waals surface area contributed by atoms with E-state index in [1.807, 2.05) is 6.07 Å². The Balaban J connectivity index is 1.55. The molecule has 0 saturated heterocycles. The third kappa shape index (κ3) is 3.91. The molecule has 4 rings (SSSR count). The monoisotopic (exact) mass is 390 g/mol. The maximum atomic E-state index is 13.6. The zero-order valence-corrected chi connectivity index (χ0v) is 15.0. The Morgan fingerprint density at radius 3 is 2.52 bits per heavy atom. The molecule has 0 radical (unpaired) electrons. The van der Waals surface area contributed by atoms with E-state index < -0.39 is 17.8 Å². The van der Waals surface area contributed by atoms with Gasteiger partial charge in [-0.2, -0.15) is 0 Å². The maximum Gasteiger partial charge on any atom is 0.338 e. The molecule has 7 nitrogen and oxygen atoms in total. The highest BCUT2D eigenvalue weighted by Gasteiger charge is 2.16. The number of aromatic nitrogens is 1. The molecule has 4 aromatic rings. The van der Waals surface area contributed by atoms with Crippen LogP contribution in [0.25, 0.3) is 22.4 Å². The average molecular weight is 390 g/mol. The Kier molecular flexibility index (Phi) is 4.90. The first-order valence-corrected chi connectivity index (χ1v) is 8.67. The number of benzene rings is 2. The molecule has 2 heterocycles. The van der Waals surface area contributed by atoms with Gasteiger partial charge in [-0.1, -0.05) is 30.3 Å². The summed E-state index contributed by atoms with van der Waals surface area (Å²) in [5, 5.41) is 2.93. The number of anilines is 1. The van der Waals surface area contributed by atoms with Crippen LogP contribution < -0.4 is 16.2 Å². The van der Waals surface area contributed by atoms with E-state index in [-0.39, 0.29) is 5.69 Å². The van der Waals surface area contributed by atoms with Crippen molar-refractivity contribution in [3.8, 4) is 11.5 Å². The molecule has 0 aliphatic heterocycles. The summed E-state index contributed by atoms with van der Waals surface area (Å²) in [7, 11) is 0. The molecule has 0 unspecified atom stereocenters. The quantitative estimate of drug-likeness (QED) is 0.459. The van der Waals surface area contributed by atoms with Crippen LogP contribution in [0.1, 0.15) is 10.4 Å². The van der Waals surface area contributed by atoms with Gasteiger partial charge >= 0.3 is 6.03 Å². The van der Waals surface area contributed by atoms with Gasteiger partial charge in [0.05, 0.1) is 23.0 Å². The van der Waals surface area contributed by atoms with Crippen molar-refractivity contribution in [2.75, 3.05) is 5.32 Å². The van der Waals surface area contributed by atoms with E-state index in [1.54, 1.807) is 42.5 Å². The van der Waals surface area contributed by atoms with E-state index in [9.17, 15) is 14.0 Å². The fraction of sp³-hybridized carbons (Fsp3) is 0. The largest absolute Gasteiger partial charge is 0.463 e. The van der Waals surface area contributed by atoms with Crippen molar-refractivity contribution < 1.29 is 18.4 Å². The minimum absolute atomic E-state index is 0.00582. The molecule has 0 saturated carbocycles. The molecule has 3 amide bonds. The van der Waals surface area contributed by atoms with E-state index in [4.69, 9.17) is 4.42 Å². The molecule has 0 atom stereocenters. The molecule has 0 fully saturated rings. The van der Waals surface area contributed by atoms with Gasteiger partial charge in [0.15, 0.2) is 5.76 Å². The fourth-order valence-electron chi connectivity index (χ4n) is 2.81. The van der Waals surface area contributed by atoms with Gasteiger partial charge in [0.1, 0.15) is 11.5 Å². The molecule has 29 heavy (non-hydrogen) atoms. The number of nitrogens with one attached hydrogen (secondary N) is 3. The first-order valence-electron chi connectivity index (χ1n) is 8.67. The van der Waals surface area contributed by atoms with Crippen molar-refractivity contribution in [2.24, 2.45) is 0 Å². The highest BCUT2D eigenvalue weighted by molar-refractivity contribution is 6.07. The fourth-order valence-corrected chi connectivity index (χ4v) is 2.81. The van der Waals surface area contributed by atoms with Crippen LogP contribution in [0.15, 0.2) is 77.4 Å². The van der Waals surface area contributed by atoms with Crippen LogP contribution in [0.2, 0.25) is 0 Å². The van der Waals surface area contributed by atoms with E-state index >= 15 is 0 Å². The SMILES string of the molecule is O=C(NNC(=O)c1cc(-c2ccco2)nc2ccccc12)Nc1ccccc1F. The molecular formula is C21H15FN4O3. The van der Waals surface area contributed by atoms with Crippen molar-refractivity contribution in [1.29, 1.82) is 0 Å². The summed E-state index contributed by atoms with van der Waals surface area (Å²) in [4.78, 5) is 29.2. The molecule has 0 aliphatic carbocycles. The number of amides is 3. The van der Waals surface area contributed by atoms with Crippen LogP contribution in [0.5, 0.6) is 0 Å². The first kappa shape index (κ1) is 18.2. The third-order valence-corrected chi connectivity index (χ3v) is 4.15. The summed E-state index contributed by atoms with van der Waals surface area (Å²) in [5.74, 6) is -0.632. The molecule has 0 bridgehead atoms. The topological polar surface area (TPSA) is 96.3 Å². The van der Waals surface area contributed by atoms with E-state index in [0.717, 1.165) is 0 Å². The van der Waals surface area contributed by atoms with Gasteiger partial charge < -0.3 is 9.73 Å². The van der Waals surface area contributed by atoms with Crippen LogP contribution in [0, 0.1) is 5.82 Å². The van der Waals surface area contributed by atoms with Crippen LogP contribution in [0.3, 0.4) is 0 Å². The van der Waals surface area contributed by atoms with Gasteiger partial charge in [0.25, 0.3) is 5.91 Å². The molecule has 0 aliphatic rings. The Hall–Kier alpha value is -4.20. The number of rotatable bonds is 3. The van der Waals surface area contributed by atoms with Crippen molar-refractivity contribution in [1.82, 2.24) is 15.8 Å². The number of hydrazine groups is 1. The van der Waals surface area contributed by atoms with E-state index in [2.05, 4.69) is 21.2 Å². The average Bonchev–Trinajstić information content (AvgIpc) is 3.28. The van der Waals surface area contributed by atoms with Crippen LogP contribution >= 0.6 is 0 Å². The standard InChI is InChI=1S/C21H15FN4O3/c22-15-7-2-4-9-17(15)24-21(28)26-25-20(27)14-12-18(19-10-5-11-29-19)23-16-8-3-1-6-13(14)16/h1-12H,(H,25,27)(H2,24,26,28). The van der Waals surface area contributed by atoms with Crippen molar-refractivity contribution >= 4 is 28.5 Å². The lowest BCUT2D eigenvalue weighted by Crippen LogP contribution is -2.44. The number of carbonyl (C=O) groups is 2. The number of pyridine rings is 1. The first-order chi connectivity index (χ1) is 14.1. The number of hydrogen-bond donors (Lipinski definition) is 3. The third-order valence-electron chi connectivity index (χ3n) is 4.15. The Morgan fingerprint density at radius 2 is 1.72 bits per heavy atom. The molecule has 2 aromatic carbocycles. The molecule has 2 aromatic heterocycles. The second-order valence-electron chi connectivity index (χ2n) is 6.06. The van der Waals surface area contributed by atoms with Gasteiger partial charge in [-0.15, -0.1) is 0 Å². The van der Waals surface area contributed by atoms with Crippen LogP contribution in [-0.4, -0.2) is 16.9 Å². The number of urea groups is 1. The van der Waals surface area contributed by atoms with Crippen molar-refractivity contribution in [3.05, 3.63) is 84.4 Å². The Bertz CT molecular complexity index is 1190. The predicted molar refractivity (Wildman–Crippen MR) is 105 cm³/mol. The Labute approximate surface area is 164 Å². The van der Waals surface area contributed by atoms with Crippen LogP contribution in [-0.2, 0) is 0 Å². The highest BCUT2D eigenvalue weighted by atomic mass is 19.1. The lowest BCUT2D eigenvalue weighted by Gasteiger charge is -2.11. The number of para-hydroxylation sites is 2. The molecular weight excluding hydrogens is 375 g/mol. The number of nitrogens with zero attached hydrogens (tertiary/aromatic N) is 1. The molecule has 3 N–H and O–H groups in total. The van der Waals surface area contributed by atoms with Gasteiger partial charge in [-0.25, -0.2) is 19.6 Å². The van der Waals surface area contributed by atoms with E-state index in [1.165, 1.54) is 24.5 Å². The van der Waals surface area contributed by atoms with Crippen molar-refractivity contribution in [3.63, 3.8) is 0 Å². The number of fused-ring (bicyclic) bond motifs is 1. The lowest BCUT2D eigenvalue weighted by atomic mass is 10.1. The summed E-state index contributed by atoms with van der Waals surface area (Å²) in [6.45, 7) is 0. The molecule has 144 valence electrons. The zero-order chi connectivity index (χ0) is 20.2. The Morgan fingerprint density at radius 1 is 0.931 bits per heavy atom. The summed E-state index contributed by atoms with van der Waals surface area (Å²) < 4.78 is 19.0. The minimum Gasteiger partial charge on any atom is -0.463 e. The van der Waals surface area contributed by atoms with Crippen molar-refractivity contribution in [2.45, 2.75) is 0 Å². The van der Waals surface area contributed by atoms with Gasteiger partial charge in [-0.05, 0) is 36.4 Å². The predicted octanol–water partition coefficient (Wildman–Crippen LogP) is 4.10. The van der Waals surface area contributed by atoms with Gasteiger partial charge in [-0.3, -0.25) is 10.2 Å². The highest BCUT2D eigenvalue weighted by Crippen LogP contribution is 2.25. The number of carbonyl (C=O) groups excluding carboxylic acids is 2. The van der Waals surface area contributed by atoms with Gasteiger partial charge in [0.2, 0.25) is 0 Å². The molecule has 8 heteroatoms. The lowest BCUT2D eigenvalue weighted by molar-refractivity contribution is 0.0939. The molecule has 0 spiro atoms. The second-order valence-corrected chi connectivity index (χ2v) is 6.06. The second kappa shape index (κ2) is 7.81. The number of furan rings is 1. The van der Waals surface area contributed by atoms with Crippen LogP contribution in [0.4, 0.5) is 14.9 Å². The smallest absolute Gasteiger partial charge is 0.338 e. The summed E-state index contributed by atoms with van der Waals surface area (Å²) in [6, 6.07) is 17.1. The summed E-state index contributed by atoms with van der Waals surface area (Å²) >= 11 is 0. The minimum atomic E-state index is -0.784. The zero-order valence-electron chi connectivity index (χ0n) is 15.0. The number of hydrogen-bond acceptors (Lipinski definition) is 4. The van der Waals surface area contributed by atoms with Gasteiger partial charge in [0, 0.05) is 5.39 Å². The normalized spacial score (nSPS) is 10.5. The van der Waals surface area contributed by atoms with E-state index in [0.29, 0.717) is 27.9 Å². The summed E-state index contributed by atoms with van der Waals surface area (Å²) in [6.07, 6.45) is 1.51. The summed E-state index contributed by atoms with van der Waals surface area (Å²) in [5.41, 5.74) is 5.91.